The van der Waals surface area contributed by atoms with E-state index in [0.717, 1.165) is 62.0 Å². The first-order chi connectivity index (χ1) is 24.7. The van der Waals surface area contributed by atoms with Gasteiger partial charge in [-0.3, -0.25) is 9.58 Å². The van der Waals surface area contributed by atoms with E-state index in [1.165, 1.54) is 6.33 Å². The van der Waals surface area contributed by atoms with Gasteiger partial charge in [-0.25, -0.2) is 14.6 Å². The van der Waals surface area contributed by atoms with E-state index >= 15 is 0 Å². The van der Waals surface area contributed by atoms with E-state index in [2.05, 4.69) is 60.3 Å². The zero-order chi connectivity index (χ0) is 35.7. The van der Waals surface area contributed by atoms with Gasteiger partial charge in [0.25, 0.3) is 5.88 Å². The van der Waals surface area contributed by atoms with Crippen molar-refractivity contribution in [1.82, 2.24) is 44.9 Å². The maximum Gasteiger partial charge on any atom is 0.256 e. The van der Waals surface area contributed by atoms with Gasteiger partial charge in [-0.05, 0) is 88.4 Å². The Morgan fingerprint density at radius 3 is 2.43 bits per heavy atom. The van der Waals surface area contributed by atoms with Gasteiger partial charge in [-0.15, -0.1) is 10.2 Å². The third kappa shape index (κ3) is 9.78. The van der Waals surface area contributed by atoms with Crippen LogP contribution in [0, 0.1) is 11.3 Å². The van der Waals surface area contributed by atoms with Crippen LogP contribution in [-0.2, 0) is 16.0 Å². The summed E-state index contributed by atoms with van der Waals surface area (Å²) < 4.78 is 27.6. The Balaban J connectivity index is 1.13. The van der Waals surface area contributed by atoms with E-state index in [9.17, 15) is 5.26 Å². The second-order valence-corrected chi connectivity index (χ2v) is 13.8. The molecule has 1 aliphatic carbocycles. The monoisotopic (exact) mass is 699 g/mol. The van der Waals surface area contributed by atoms with Crippen LogP contribution in [0.1, 0.15) is 78.3 Å². The Morgan fingerprint density at radius 1 is 1.00 bits per heavy atom. The molecule has 0 spiro atoms. The van der Waals surface area contributed by atoms with Crippen molar-refractivity contribution in [3.05, 3.63) is 48.7 Å². The number of nitrogens with one attached hydrogen (secondary N) is 1. The summed E-state index contributed by atoms with van der Waals surface area (Å²) in [6.07, 6.45) is 12.6. The third-order valence-corrected chi connectivity index (χ3v) is 9.18. The summed E-state index contributed by atoms with van der Waals surface area (Å²) in [4.78, 5) is 11.9. The number of nitriles is 1. The standard InChI is InChI=1S/C36H49N11O4/c1-24(2)48-13-6-14-49-35-33(22-47(42-35)32-11-9-31(10-12-32)45-19-25(3)50-26(4)20-45)41-36-38-17-30(18-39-36)28-7-8-29(16-37)34(15-28)51-27(5)21-46-23-40-43-44-46/h7-8,15,17-18,22-27,31-32H,6,9-14,19-21H2,1-5H3,(H,38,39,41)/t25-,26+,27-,31-,32-/m0/s1. The number of rotatable bonds is 15. The summed E-state index contributed by atoms with van der Waals surface area (Å²) in [6, 6.07) is 8.49. The fraction of sp³-hybridized carbons (Fsp3) is 0.583. The van der Waals surface area contributed by atoms with Gasteiger partial charge in [0.1, 0.15) is 29.9 Å². The number of anilines is 2. The molecule has 0 bridgehead atoms. The summed E-state index contributed by atoms with van der Waals surface area (Å²) in [5.41, 5.74) is 2.75. The number of nitrogens with zero attached hydrogens (tertiary/aromatic N) is 10. The lowest BCUT2D eigenvalue weighted by Crippen LogP contribution is -2.51. The van der Waals surface area contributed by atoms with Gasteiger partial charge in [-0.1, -0.05) is 6.07 Å². The molecule has 1 aromatic carbocycles. The van der Waals surface area contributed by atoms with Crippen LogP contribution in [0.2, 0.25) is 0 Å². The number of morpholine rings is 1. The molecule has 0 amide bonds. The first kappa shape index (κ1) is 36.2. The molecule has 4 aromatic rings. The minimum Gasteiger partial charge on any atom is -0.487 e. The molecule has 0 radical (unpaired) electrons. The number of benzene rings is 1. The SMILES string of the molecule is CC(C)OCCCOc1nn([C@H]2CC[C@H](N3C[C@@H](C)O[C@@H](C)C3)CC2)cc1Nc1ncc(-c2ccc(C#N)c(O[C@@H](C)Cn3cnnn3)c2)cn1. The summed E-state index contributed by atoms with van der Waals surface area (Å²) in [5, 5.41) is 29.2. The summed E-state index contributed by atoms with van der Waals surface area (Å²) in [6.45, 7) is 13.8. The Morgan fingerprint density at radius 2 is 1.75 bits per heavy atom. The van der Waals surface area contributed by atoms with E-state index in [1.54, 1.807) is 23.1 Å². The van der Waals surface area contributed by atoms with Crippen LogP contribution in [0.15, 0.2) is 43.1 Å². The first-order valence-electron chi connectivity index (χ1n) is 18.0. The molecule has 2 aliphatic rings. The molecule has 4 heterocycles. The number of aromatic nitrogens is 8. The predicted molar refractivity (Wildman–Crippen MR) is 190 cm³/mol. The molecule has 51 heavy (non-hydrogen) atoms. The number of hydrogen-bond acceptors (Lipinski definition) is 13. The third-order valence-electron chi connectivity index (χ3n) is 9.18. The minimum atomic E-state index is -0.272. The quantitative estimate of drug-likeness (QED) is 0.161. The molecule has 6 rings (SSSR count). The molecular weight excluding hydrogens is 650 g/mol. The molecule has 3 atom stereocenters. The van der Waals surface area contributed by atoms with Crippen LogP contribution < -0.4 is 14.8 Å². The fourth-order valence-corrected chi connectivity index (χ4v) is 6.84. The number of tetrazole rings is 1. The molecule has 1 aliphatic heterocycles. The van der Waals surface area contributed by atoms with Crippen LogP contribution >= 0.6 is 0 Å². The molecule has 1 saturated carbocycles. The average Bonchev–Trinajstić information content (AvgIpc) is 3.78. The molecule has 3 aromatic heterocycles. The van der Waals surface area contributed by atoms with Crippen LogP contribution in [0.4, 0.5) is 11.6 Å². The predicted octanol–water partition coefficient (Wildman–Crippen LogP) is 5.20. The molecule has 1 saturated heterocycles. The Labute approximate surface area is 299 Å². The highest BCUT2D eigenvalue weighted by Crippen LogP contribution is 2.35. The normalized spacial score (nSPS) is 21.7. The Kier molecular flexibility index (Phi) is 12.1. The zero-order valence-electron chi connectivity index (χ0n) is 30.2. The molecule has 15 heteroatoms. The second kappa shape index (κ2) is 17.0. The molecule has 0 unspecified atom stereocenters. The lowest BCUT2D eigenvalue weighted by molar-refractivity contribution is -0.0852. The van der Waals surface area contributed by atoms with Gasteiger partial charge in [0.15, 0.2) is 0 Å². The summed E-state index contributed by atoms with van der Waals surface area (Å²) in [5.74, 6) is 1.41. The summed E-state index contributed by atoms with van der Waals surface area (Å²) >= 11 is 0. The van der Waals surface area contributed by atoms with Crippen molar-refractivity contribution >= 4 is 11.6 Å². The minimum absolute atomic E-state index is 0.177. The van der Waals surface area contributed by atoms with E-state index in [0.29, 0.717) is 48.9 Å². The van der Waals surface area contributed by atoms with E-state index < -0.39 is 0 Å². The Hall–Kier alpha value is -4.65. The summed E-state index contributed by atoms with van der Waals surface area (Å²) in [7, 11) is 0. The lowest BCUT2D eigenvalue weighted by atomic mass is 9.89. The maximum atomic E-state index is 9.69. The van der Waals surface area contributed by atoms with E-state index in [4.69, 9.17) is 24.0 Å². The van der Waals surface area contributed by atoms with Crippen LogP contribution in [0.3, 0.4) is 0 Å². The number of ether oxygens (including phenoxy) is 4. The van der Waals surface area contributed by atoms with Gasteiger partial charge in [0, 0.05) is 43.5 Å². The topological polar surface area (TPSA) is 163 Å². The highest BCUT2D eigenvalue weighted by molar-refractivity contribution is 5.67. The molecule has 2 fully saturated rings. The fourth-order valence-electron chi connectivity index (χ4n) is 6.84. The van der Waals surface area contributed by atoms with E-state index in [-0.39, 0.29) is 30.5 Å². The smallest absolute Gasteiger partial charge is 0.256 e. The van der Waals surface area contributed by atoms with Crippen molar-refractivity contribution in [3.8, 4) is 28.8 Å². The van der Waals surface area contributed by atoms with Gasteiger partial charge in [0.05, 0.1) is 55.9 Å². The lowest BCUT2D eigenvalue weighted by Gasteiger charge is -2.42. The van der Waals surface area contributed by atoms with Crippen molar-refractivity contribution in [2.45, 2.75) is 110 Å². The van der Waals surface area contributed by atoms with Crippen molar-refractivity contribution in [2.24, 2.45) is 0 Å². The molecule has 1 N–H and O–H groups in total. The zero-order valence-corrected chi connectivity index (χ0v) is 30.2. The van der Waals surface area contributed by atoms with Gasteiger partial charge < -0.3 is 24.3 Å². The van der Waals surface area contributed by atoms with Crippen LogP contribution in [0.25, 0.3) is 11.1 Å². The highest BCUT2D eigenvalue weighted by Gasteiger charge is 2.32. The van der Waals surface area contributed by atoms with Crippen LogP contribution in [-0.4, -0.2) is 102 Å². The van der Waals surface area contributed by atoms with Crippen molar-refractivity contribution in [3.63, 3.8) is 0 Å². The molecular formula is C36H49N11O4. The highest BCUT2D eigenvalue weighted by atomic mass is 16.5. The van der Waals surface area contributed by atoms with Crippen LogP contribution in [0.5, 0.6) is 11.6 Å². The van der Waals surface area contributed by atoms with Crippen molar-refractivity contribution in [1.29, 1.82) is 5.26 Å². The van der Waals surface area contributed by atoms with Gasteiger partial charge in [-0.2, -0.15) is 5.26 Å². The molecule has 272 valence electrons. The second-order valence-electron chi connectivity index (χ2n) is 13.8. The first-order valence-corrected chi connectivity index (χ1v) is 18.0. The van der Waals surface area contributed by atoms with E-state index in [1.807, 2.05) is 39.1 Å². The average molecular weight is 700 g/mol. The molecule has 15 nitrogen and oxygen atoms in total. The van der Waals surface area contributed by atoms with Gasteiger partial charge in [0.2, 0.25) is 5.95 Å². The Bertz CT molecular complexity index is 1710. The van der Waals surface area contributed by atoms with Crippen molar-refractivity contribution < 1.29 is 18.9 Å². The van der Waals surface area contributed by atoms with Gasteiger partial charge >= 0.3 is 0 Å². The number of hydrogen-bond donors (Lipinski definition) is 1. The maximum absolute atomic E-state index is 9.69. The largest absolute Gasteiger partial charge is 0.487 e. The van der Waals surface area contributed by atoms with Crippen molar-refractivity contribution in [2.75, 3.05) is 31.6 Å².